The molecule has 33 heavy (non-hydrogen) atoms. The molecule has 0 fully saturated rings. The minimum absolute atomic E-state index is 0.0117. The number of hydrogen-bond acceptors (Lipinski definition) is 6. The van der Waals surface area contributed by atoms with E-state index >= 15 is 0 Å². The van der Waals surface area contributed by atoms with Gasteiger partial charge in [0.15, 0.2) is 6.61 Å². The van der Waals surface area contributed by atoms with Gasteiger partial charge in [-0.05, 0) is 56.2 Å². The minimum Gasteiger partial charge on any atom is -0.451 e. The molecule has 9 nitrogen and oxygen atoms in total. The average molecular weight is 473 g/mol. The van der Waals surface area contributed by atoms with Crippen LogP contribution in [-0.4, -0.2) is 49.9 Å². The first-order valence-electron chi connectivity index (χ1n) is 10.3. The van der Waals surface area contributed by atoms with Gasteiger partial charge in [0.2, 0.25) is 10.0 Å². The van der Waals surface area contributed by atoms with Gasteiger partial charge in [-0.25, -0.2) is 17.5 Å². The van der Waals surface area contributed by atoms with Gasteiger partial charge >= 0.3 is 5.97 Å². The second-order valence-electron chi connectivity index (χ2n) is 7.59. The van der Waals surface area contributed by atoms with E-state index in [1.165, 1.54) is 44.4 Å². The van der Waals surface area contributed by atoms with Gasteiger partial charge in [-0.2, -0.15) is 5.26 Å². The van der Waals surface area contributed by atoms with Crippen LogP contribution in [0.15, 0.2) is 40.8 Å². The quantitative estimate of drug-likeness (QED) is 0.340. The molecular formula is C23H28N4O5S. The standard InChI is InChI=1S/C23H28N4O5S/c1-6-10-27-16(2)11-18(17(27)3)12-19(14-24)23(29)32-15-22(28)25-20-8-7-9-21(13-20)33(30,31)26(4)5/h7-9,11-13H,6,10,15H2,1-5H3,(H,25,28)/b19-12+. The largest absolute Gasteiger partial charge is 0.451 e. The van der Waals surface area contributed by atoms with Crippen LogP contribution >= 0.6 is 0 Å². The maximum absolute atomic E-state index is 12.3. The molecule has 1 heterocycles. The summed E-state index contributed by atoms with van der Waals surface area (Å²) >= 11 is 0. The summed E-state index contributed by atoms with van der Waals surface area (Å²) < 4.78 is 32.6. The summed E-state index contributed by atoms with van der Waals surface area (Å²) in [6, 6.07) is 9.43. The van der Waals surface area contributed by atoms with Crippen molar-refractivity contribution in [1.82, 2.24) is 8.87 Å². The molecule has 1 aromatic carbocycles. The molecular weight excluding hydrogens is 444 g/mol. The third-order valence-corrected chi connectivity index (χ3v) is 6.74. The van der Waals surface area contributed by atoms with E-state index in [2.05, 4.69) is 16.8 Å². The van der Waals surface area contributed by atoms with E-state index < -0.39 is 28.5 Å². The van der Waals surface area contributed by atoms with Crippen molar-refractivity contribution in [2.24, 2.45) is 0 Å². The molecule has 0 bridgehead atoms. The molecule has 1 amide bonds. The lowest BCUT2D eigenvalue weighted by molar-refractivity contribution is -0.142. The van der Waals surface area contributed by atoms with Crippen LogP contribution in [0.2, 0.25) is 0 Å². The maximum atomic E-state index is 12.3. The maximum Gasteiger partial charge on any atom is 0.349 e. The molecule has 1 aromatic heterocycles. The van der Waals surface area contributed by atoms with Gasteiger partial charge in [0, 0.05) is 37.7 Å². The van der Waals surface area contributed by atoms with Crippen molar-refractivity contribution in [3.05, 3.63) is 52.9 Å². The third-order valence-electron chi connectivity index (χ3n) is 4.93. The zero-order valence-corrected chi connectivity index (χ0v) is 20.2. The lowest BCUT2D eigenvalue weighted by Crippen LogP contribution is -2.23. The number of esters is 1. The molecule has 10 heteroatoms. The van der Waals surface area contributed by atoms with Gasteiger partial charge in [-0.1, -0.05) is 13.0 Å². The monoisotopic (exact) mass is 472 g/mol. The minimum atomic E-state index is -3.66. The number of hydrogen-bond donors (Lipinski definition) is 1. The van der Waals surface area contributed by atoms with E-state index in [4.69, 9.17) is 4.74 Å². The van der Waals surface area contributed by atoms with E-state index in [1.54, 1.807) is 0 Å². The molecule has 0 spiro atoms. The van der Waals surface area contributed by atoms with Gasteiger partial charge in [0.1, 0.15) is 11.6 Å². The number of amides is 1. The number of carbonyl (C=O) groups excluding carboxylic acids is 2. The lowest BCUT2D eigenvalue weighted by Gasteiger charge is -2.12. The summed E-state index contributed by atoms with van der Waals surface area (Å²) in [4.78, 5) is 24.6. The number of nitrogens with zero attached hydrogens (tertiary/aromatic N) is 3. The van der Waals surface area contributed by atoms with Crippen molar-refractivity contribution in [2.75, 3.05) is 26.0 Å². The molecule has 0 aliphatic heterocycles. The van der Waals surface area contributed by atoms with Crippen molar-refractivity contribution in [2.45, 2.75) is 38.6 Å². The van der Waals surface area contributed by atoms with Crippen molar-refractivity contribution in [3.63, 3.8) is 0 Å². The fourth-order valence-corrected chi connectivity index (χ4v) is 4.13. The number of ether oxygens (including phenoxy) is 1. The lowest BCUT2D eigenvalue weighted by atomic mass is 10.1. The van der Waals surface area contributed by atoms with Crippen LogP contribution in [0.25, 0.3) is 6.08 Å². The fraction of sp³-hybridized carbons (Fsp3) is 0.348. The Morgan fingerprint density at radius 1 is 1.24 bits per heavy atom. The first-order valence-corrected chi connectivity index (χ1v) is 11.7. The Balaban J connectivity index is 2.07. The zero-order chi connectivity index (χ0) is 24.8. The number of carbonyl (C=O) groups is 2. The van der Waals surface area contributed by atoms with Gasteiger partial charge in [0.25, 0.3) is 5.91 Å². The predicted molar refractivity (Wildman–Crippen MR) is 125 cm³/mol. The smallest absolute Gasteiger partial charge is 0.349 e. The number of anilines is 1. The Bertz CT molecular complexity index is 1220. The normalized spacial score (nSPS) is 11.8. The molecule has 0 saturated carbocycles. The van der Waals surface area contributed by atoms with E-state index in [1.807, 2.05) is 26.0 Å². The van der Waals surface area contributed by atoms with Crippen molar-refractivity contribution < 1.29 is 22.7 Å². The van der Waals surface area contributed by atoms with Crippen molar-refractivity contribution >= 4 is 33.7 Å². The molecule has 0 unspecified atom stereocenters. The van der Waals surface area contributed by atoms with Gasteiger partial charge in [-0.3, -0.25) is 4.79 Å². The van der Waals surface area contributed by atoms with E-state index in [9.17, 15) is 23.3 Å². The van der Waals surface area contributed by atoms with Crippen LogP contribution in [0.1, 0.15) is 30.3 Å². The molecule has 0 radical (unpaired) electrons. The Labute approximate surface area is 194 Å². The van der Waals surface area contributed by atoms with E-state index in [-0.39, 0.29) is 16.2 Å². The molecule has 0 aliphatic carbocycles. The molecule has 0 saturated heterocycles. The van der Waals surface area contributed by atoms with Crippen molar-refractivity contribution in [1.29, 1.82) is 5.26 Å². The zero-order valence-electron chi connectivity index (χ0n) is 19.4. The summed E-state index contributed by atoms with van der Waals surface area (Å²) in [7, 11) is -0.853. The number of rotatable bonds is 9. The van der Waals surface area contributed by atoms with Gasteiger partial charge < -0.3 is 14.6 Å². The summed E-state index contributed by atoms with van der Waals surface area (Å²) in [6.07, 6.45) is 2.40. The summed E-state index contributed by atoms with van der Waals surface area (Å²) in [5.74, 6) is -1.59. The first kappa shape index (κ1) is 25.8. The number of aromatic nitrogens is 1. The SMILES string of the molecule is CCCn1c(C)cc(/C=C(\C#N)C(=O)OCC(=O)Nc2cccc(S(=O)(=O)N(C)C)c2)c1C. The topological polar surface area (TPSA) is 121 Å². The number of benzene rings is 1. The van der Waals surface area contributed by atoms with E-state index in [0.29, 0.717) is 0 Å². The van der Waals surface area contributed by atoms with Crippen LogP contribution in [-0.2, 0) is 30.9 Å². The first-order chi connectivity index (χ1) is 15.5. The van der Waals surface area contributed by atoms with E-state index in [0.717, 1.165) is 34.2 Å². The predicted octanol–water partition coefficient (Wildman–Crippen LogP) is 2.85. The molecule has 2 aromatic rings. The van der Waals surface area contributed by atoms with Crippen molar-refractivity contribution in [3.8, 4) is 6.07 Å². The van der Waals surface area contributed by atoms with Crippen LogP contribution in [0.3, 0.4) is 0 Å². The fourth-order valence-electron chi connectivity index (χ4n) is 3.18. The van der Waals surface area contributed by atoms with Crippen LogP contribution in [0.4, 0.5) is 5.69 Å². The number of sulfonamides is 1. The Hall–Kier alpha value is -3.42. The summed E-state index contributed by atoms with van der Waals surface area (Å²) in [5, 5.41) is 11.9. The highest BCUT2D eigenvalue weighted by atomic mass is 32.2. The Kier molecular flexibility index (Phi) is 8.56. The molecule has 0 atom stereocenters. The average Bonchev–Trinajstić information content (AvgIpc) is 3.03. The molecule has 2 rings (SSSR count). The Morgan fingerprint density at radius 3 is 2.55 bits per heavy atom. The summed E-state index contributed by atoms with van der Waals surface area (Å²) in [5.41, 5.74) is 2.69. The van der Waals surface area contributed by atoms with Gasteiger partial charge in [-0.15, -0.1) is 0 Å². The van der Waals surface area contributed by atoms with Gasteiger partial charge in [0.05, 0.1) is 4.90 Å². The Morgan fingerprint density at radius 2 is 1.94 bits per heavy atom. The highest BCUT2D eigenvalue weighted by Gasteiger charge is 2.19. The van der Waals surface area contributed by atoms with Crippen LogP contribution in [0, 0.1) is 25.2 Å². The molecule has 1 N–H and O–H groups in total. The van der Waals surface area contributed by atoms with Crippen LogP contribution < -0.4 is 5.32 Å². The summed E-state index contributed by atoms with van der Waals surface area (Å²) in [6.45, 7) is 6.13. The second kappa shape index (κ2) is 10.9. The number of nitrogens with one attached hydrogen (secondary N) is 1. The highest BCUT2D eigenvalue weighted by molar-refractivity contribution is 7.89. The second-order valence-corrected chi connectivity index (χ2v) is 9.74. The number of aryl methyl sites for hydroxylation is 1. The van der Waals surface area contributed by atoms with Crippen LogP contribution in [0.5, 0.6) is 0 Å². The third kappa shape index (κ3) is 6.31. The highest BCUT2D eigenvalue weighted by Crippen LogP contribution is 2.20. The molecule has 0 aliphatic rings. The molecule has 176 valence electrons. The number of nitriles is 1.